The molecule has 0 spiro atoms. The van der Waals surface area contributed by atoms with E-state index in [1.165, 1.54) is 6.07 Å². The number of nitrogens with zero attached hydrogens (tertiary/aromatic N) is 3. The van der Waals surface area contributed by atoms with Crippen molar-refractivity contribution in [3.05, 3.63) is 58.6 Å². The number of benzene rings is 1. The third-order valence-corrected chi connectivity index (χ3v) is 3.70. The minimum atomic E-state index is -0.241. The first kappa shape index (κ1) is 14.8. The van der Waals surface area contributed by atoms with Gasteiger partial charge in [-0.1, -0.05) is 43.6 Å². The Morgan fingerprint density at radius 1 is 1.32 bits per heavy atom. The van der Waals surface area contributed by atoms with E-state index in [9.17, 15) is 4.39 Å². The summed E-state index contributed by atoms with van der Waals surface area (Å²) in [5.41, 5.74) is 2.33. The van der Waals surface area contributed by atoms with E-state index >= 15 is 0 Å². The van der Waals surface area contributed by atoms with Gasteiger partial charge in [0.1, 0.15) is 16.8 Å². The molecular weight excluding hydrogens is 303 g/mol. The number of rotatable bonds is 4. The fourth-order valence-electron chi connectivity index (χ4n) is 2.31. The average molecular weight is 319 g/mol. The summed E-state index contributed by atoms with van der Waals surface area (Å²) >= 11 is 6.10. The predicted molar refractivity (Wildman–Crippen MR) is 85.8 cm³/mol. The van der Waals surface area contributed by atoms with Gasteiger partial charge in [0.2, 0.25) is 0 Å². The van der Waals surface area contributed by atoms with E-state index in [4.69, 9.17) is 11.6 Å². The summed E-state index contributed by atoms with van der Waals surface area (Å²) in [6, 6.07) is 8.34. The second-order valence-corrected chi connectivity index (χ2v) is 5.79. The molecule has 3 rings (SSSR count). The summed E-state index contributed by atoms with van der Waals surface area (Å²) < 4.78 is 15.4. The van der Waals surface area contributed by atoms with Crippen LogP contribution in [0, 0.1) is 5.82 Å². The Morgan fingerprint density at radius 3 is 2.82 bits per heavy atom. The summed E-state index contributed by atoms with van der Waals surface area (Å²) in [6.45, 7) is 4.50. The first-order valence-corrected chi connectivity index (χ1v) is 7.45. The lowest BCUT2D eigenvalue weighted by molar-refractivity contribution is 0.612. The number of anilines is 1. The van der Waals surface area contributed by atoms with Crippen molar-refractivity contribution in [1.29, 1.82) is 0 Å². The van der Waals surface area contributed by atoms with Gasteiger partial charge in [-0.05, 0) is 12.0 Å². The molecular formula is C16H16ClFN4. The molecule has 1 aromatic carbocycles. The molecule has 0 unspecified atom stereocenters. The van der Waals surface area contributed by atoms with Crippen molar-refractivity contribution >= 4 is 23.1 Å². The maximum atomic E-state index is 13.7. The number of hydrogen-bond acceptors (Lipinski definition) is 3. The molecule has 2 aromatic heterocycles. The average Bonchev–Trinajstić information content (AvgIpc) is 2.90. The number of halogens is 2. The van der Waals surface area contributed by atoms with Crippen molar-refractivity contribution in [2.75, 3.05) is 5.32 Å². The molecule has 0 atom stereocenters. The van der Waals surface area contributed by atoms with Crippen LogP contribution in [0.15, 0.2) is 36.5 Å². The van der Waals surface area contributed by atoms with Crippen molar-refractivity contribution in [2.24, 2.45) is 0 Å². The molecule has 22 heavy (non-hydrogen) atoms. The predicted octanol–water partition coefficient (Wildman–Crippen LogP) is 4.26. The third-order valence-electron chi connectivity index (χ3n) is 3.51. The van der Waals surface area contributed by atoms with Crippen LogP contribution in [-0.2, 0) is 6.54 Å². The molecule has 1 N–H and O–H groups in total. The highest BCUT2D eigenvalue weighted by Gasteiger charge is 2.13. The summed E-state index contributed by atoms with van der Waals surface area (Å²) in [5, 5.41) is 7.91. The van der Waals surface area contributed by atoms with Crippen molar-refractivity contribution < 1.29 is 4.39 Å². The Kier molecular flexibility index (Phi) is 3.98. The number of hydrogen-bond donors (Lipinski definition) is 1. The van der Waals surface area contributed by atoms with Crippen LogP contribution in [0.5, 0.6) is 0 Å². The molecule has 0 aliphatic carbocycles. The van der Waals surface area contributed by atoms with Crippen LogP contribution < -0.4 is 5.32 Å². The molecule has 4 nitrogen and oxygen atoms in total. The number of fused-ring (bicyclic) bond motifs is 1. The molecule has 0 amide bonds. The van der Waals surface area contributed by atoms with Gasteiger partial charge in [-0.3, -0.25) is 0 Å². The summed E-state index contributed by atoms with van der Waals surface area (Å²) in [6.07, 6.45) is 1.79. The minimum Gasteiger partial charge on any atom is -0.366 e. The van der Waals surface area contributed by atoms with Crippen LogP contribution in [0.4, 0.5) is 10.2 Å². The molecule has 2 heterocycles. The van der Waals surface area contributed by atoms with Gasteiger partial charge in [0.15, 0.2) is 5.65 Å². The van der Waals surface area contributed by atoms with Gasteiger partial charge in [0.05, 0.1) is 6.20 Å². The van der Waals surface area contributed by atoms with Gasteiger partial charge in [-0.25, -0.2) is 9.37 Å². The smallest absolute Gasteiger partial charge is 0.162 e. The molecule has 0 aliphatic rings. The zero-order valence-electron chi connectivity index (χ0n) is 12.3. The van der Waals surface area contributed by atoms with Crippen molar-refractivity contribution in [3.63, 3.8) is 0 Å². The number of nitrogens with one attached hydrogen (secondary N) is 1. The van der Waals surface area contributed by atoms with Crippen molar-refractivity contribution in [3.8, 4) is 0 Å². The second-order valence-electron chi connectivity index (χ2n) is 5.40. The lowest BCUT2D eigenvalue weighted by Crippen LogP contribution is -2.07. The SMILES string of the molecule is CC(C)c1cnn2c(NCc3ccccc3F)cc(Cl)nc12. The van der Waals surface area contributed by atoms with E-state index < -0.39 is 0 Å². The topological polar surface area (TPSA) is 42.2 Å². The highest BCUT2D eigenvalue weighted by molar-refractivity contribution is 6.29. The van der Waals surface area contributed by atoms with E-state index in [0.29, 0.717) is 29.0 Å². The molecule has 0 aliphatic heterocycles. The van der Waals surface area contributed by atoms with E-state index in [2.05, 4.69) is 29.2 Å². The molecule has 114 valence electrons. The Bertz CT molecular complexity index is 813. The molecule has 6 heteroatoms. The van der Waals surface area contributed by atoms with Crippen LogP contribution >= 0.6 is 11.6 Å². The van der Waals surface area contributed by atoms with Crippen LogP contribution in [0.25, 0.3) is 5.65 Å². The first-order valence-electron chi connectivity index (χ1n) is 7.07. The molecule has 0 radical (unpaired) electrons. The van der Waals surface area contributed by atoms with Gasteiger partial charge in [0.25, 0.3) is 0 Å². The van der Waals surface area contributed by atoms with E-state index in [0.717, 1.165) is 11.2 Å². The van der Waals surface area contributed by atoms with Gasteiger partial charge in [-0.15, -0.1) is 0 Å². The van der Waals surface area contributed by atoms with Crippen molar-refractivity contribution in [1.82, 2.24) is 14.6 Å². The monoisotopic (exact) mass is 318 g/mol. The Labute approximate surface area is 132 Å². The van der Waals surface area contributed by atoms with Crippen LogP contribution in [0.3, 0.4) is 0 Å². The van der Waals surface area contributed by atoms with Crippen molar-refractivity contribution in [2.45, 2.75) is 26.3 Å². The quantitative estimate of drug-likeness (QED) is 0.731. The lowest BCUT2D eigenvalue weighted by atomic mass is 10.1. The third kappa shape index (κ3) is 2.76. The zero-order valence-corrected chi connectivity index (χ0v) is 13.1. The van der Waals surface area contributed by atoms with E-state index in [-0.39, 0.29) is 5.82 Å². The Hall–Kier alpha value is -2.14. The molecule has 3 aromatic rings. The van der Waals surface area contributed by atoms with Crippen LogP contribution in [0.2, 0.25) is 5.15 Å². The summed E-state index contributed by atoms with van der Waals surface area (Å²) in [4.78, 5) is 4.34. The van der Waals surface area contributed by atoms with E-state index in [1.54, 1.807) is 35.0 Å². The Morgan fingerprint density at radius 2 is 2.09 bits per heavy atom. The maximum absolute atomic E-state index is 13.7. The van der Waals surface area contributed by atoms with Gasteiger partial charge < -0.3 is 5.32 Å². The van der Waals surface area contributed by atoms with Gasteiger partial charge in [-0.2, -0.15) is 9.61 Å². The lowest BCUT2D eigenvalue weighted by Gasteiger charge is -2.10. The fraction of sp³-hybridized carbons (Fsp3) is 0.250. The van der Waals surface area contributed by atoms with Crippen LogP contribution in [0.1, 0.15) is 30.9 Å². The van der Waals surface area contributed by atoms with Gasteiger partial charge in [0, 0.05) is 23.7 Å². The maximum Gasteiger partial charge on any atom is 0.162 e. The van der Waals surface area contributed by atoms with Gasteiger partial charge >= 0.3 is 0 Å². The molecule has 0 saturated heterocycles. The first-order chi connectivity index (χ1) is 10.6. The molecule has 0 bridgehead atoms. The Balaban J connectivity index is 1.95. The second kappa shape index (κ2) is 5.93. The van der Waals surface area contributed by atoms with Crippen LogP contribution in [-0.4, -0.2) is 14.6 Å². The van der Waals surface area contributed by atoms with E-state index in [1.807, 2.05) is 0 Å². The number of aromatic nitrogens is 3. The highest BCUT2D eigenvalue weighted by atomic mass is 35.5. The zero-order chi connectivity index (χ0) is 15.7. The molecule has 0 saturated carbocycles. The molecule has 0 fully saturated rings. The highest BCUT2D eigenvalue weighted by Crippen LogP contribution is 2.24. The normalized spacial score (nSPS) is 11.3. The standard InChI is InChI=1S/C16H16ClFN4/c1-10(2)12-9-20-22-15(7-14(17)21-16(12)22)19-8-11-5-3-4-6-13(11)18/h3-7,9-10,19H,8H2,1-2H3. The fourth-order valence-corrected chi connectivity index (χ4v) is 2.49. The summed E-state index contributed by atoms with van der Waals surface area (Å²) in [5.74, 6) is 0.739. The summed E-state index contributed by atoms with van der Waals surface area (Å²) in [7, 11) is 0. The minimum absolute atomic E-state index is 0.241. The largest absolute Gasteiger partial charge is 0.366 e.